The summed E-state index contributed by atoms with van der Waals surface area (Å²) in [6.07, 6.45) is -2.59. The molecule has 3 aromatic rings. The topological polar surface area (TPSA) is 64.4 Å². The van der Waals surface area contributed by atoms with E-state index in [4.69, 9.17) is 9.26 Å². The average Bonchev–Trinajstić information content (AvgIpc) is 3.19. The number of halogens is 3. The third kappa shape index (κ3) is 5.16. The summed E-state index contributed by atoms with van der Waals surface area (Å²) in [5.74, 6) is 0.235. The number of aromatic nitrogens is 1. The molecule has 0 fully saturated rings. The number of anilines is 1. The summed E-state index contributed by atoms with van der Waals surface area (Å²) >= 11 is 0. The Balaban J connectivity index is 1.71. The second-order valence-electron chi connectivity index (χ2n) is 6.30. The fourth-order valence-corrected chi connectivity index (χ4v) is 2.59. The minimum atomic E-state index is -4.58. The molecule has 1 N–H and O–H groups in total. The Bertz CT molecular complexity index is 966. The van der Waals surface area contributed by atoms with E-state index in [2.05, 4.69) is 17.4 Å². The number of amides is 1. The zero-order chi connectivity index (χ0) is 20.9. The summed E-state index contributed by atoms with van der Waals surface area (Å²) in [5.41, 5.74) is -0.741. The predicted molar refractivity (Wildman–Crippen MR) is 102 cm³/mol. The molecule has 0 bridgehead atoms. The van der Waals surface area contributed by atoms with E-state index < -0.39 is 17.6 Å². The Labute approximate surface area is 165 Å². The van der Waals surface area contributed by atoms with Crippen LogP contribution in [0.3, 0.4) is 0 Å². The van der Waals surface area contributed by atoms with Crippen molar-refractivity contribution in [1.29, 1.82) is 0 Å². The first-order chi connectivity index (χ1) is 13.9. The molecular formula is C21H19F3N2O3. The highest BCUT2D eigenvalue weighted by molar-refractivity contribution is 6.03. The van der Waals surface area contributed by atoms with Crippen LogP contribution in [0.5, 0.6) is 5.75 Å². The lowest BCUT2D eigenvalue weighted by Crippen LogP contribution is -2.16. The van der Waals surface area contributed by atoms with Gasteiger partial charge in [0.1, 0.15) is 5.75 Å². The molecule has 29 heavy (non-hydrogen) atoms. The number of nitrogens with zero attached hydrogens (tertiary/aromatic N) is 1. The Hall–Kier alpha value is -3.29. The fourth-order valence-electron chi connectivity index (χ4n) is 2.59. The molecule has 3 rings (SSSR count). The van der Waals surface area contributed by atoms with Crippen molar-refractivity contribution >= 4 is 11.6 Å². The molecule has 0 aliphatic carbocycles. The number of ether oxygens (including phenoxy) is 1. The molecule has 0 aliphatic rings. The molecule has 0 atom stereocenters. The standard InChI is InChI=1S/C21H19F3N2O3/c1-2-3-12-28-15-10-8-14(9-11-15)19-13-18(26-29-19)20(27)25-17-7-5-4-6-16(17)21(22,23)24/h4-11,13H,2-3,12H2,1H3,(H,25,27). The number of benzene rings is 2. The van der Waals surface area contributed by atoms with Crippen LogP contribution in [-0.4, -0.2) is 17.7 Å². The largest absolute Gasteiger partial charge is 0.494 e. The Kier molecular flexibility index (Phi) is 6.21. The van der Waals surface area contributed by atoms with Crippen molar-refractivity contribution < 1.29 is 27.2 Å². The number of hydrogen-bond acceptors (Lipinski definition) is 4. The van der Waals surface area contributed by atoms with Gasteiger partial charge in [0.15, 0.2) is 11.5 Å². The van der Waals surface area contributed by atoms with Crippen molar-refractivity contribution in [2.24, 2.45) is 0 Å². The Morgan fingerprint density at radius 1 is 1.14 bits per heavy atom. The van der Waals surface area contributed by atoms with E-state index in [-0.39, 0.29) is 11.4 Å². The summed E-state index contributed by atoms with van der Waals surface area (Å²) in [5, 5.41) is 5.90. The molecule has 2 aromatic carbocycles. The number of unbranched alkanes of at least 4 members (excludes halogenated alkanes) is 1. The van der Waals surface area contributed by atoms with E-state index in [0.717, 1.165) is 18.9 Å². The van der Waals surface area contributed by atoms with E-state index in [1.165, 1.54) is 24.3 Å². The molecule has 0 radical (unpaired) electrons. The minimum absolute atomic E-state index is 0.125. The van der Waals surface area contributed by atoms with Gasteiger partial charge in [-0.1, -0.05) is 30.6 Å². The van der Waals surface area contributed by atoms with Gasteiger partial charge >= 0.3 is 6.18 Å². The summed E-state index contributed by atoms with van der Waals surface area (Å²) in [4.78, 5) is 12.3. The Morgan fingerprint density at radius 2 is 1.86 bits per heavy atom. The lowest BCUT2D eigenvalue weighted by atomic mass is 10.1. The third-order valence-electron chi connectivity index (χ3n) is 4.13. The van der Waals surface area contributed by atoms with Crippen LogP contribution in [0.1, 0.15) is 35.8 Å². The summed E-state index contributed by atoms with van der Waals surface area (Å²) < 4.78 is 49.9. The van der Waals surface area contributed by atoms with E-state index in [0.29, 0.717) is 23.7 Å². The molecule has 0 aliphatic heterocycles. The van der Waals surface area contributed by atoms with Crippen LogP contribution < -0.4 is 10.1 Å². The molecular weight excluding hydrogens is 385 g/mol. The second-order valence-corrected chi connectivity index (χ2v) is 6.30. The molecule has 1 amide bonds. The molecule has 5 nitrogen and oxygen atoms in total. The highest BCUT2D eigenvalue weighted by Crippen LogP contribution is 2.34. The van der Waals surface area contributed by atoms with Gasteiger partial charge in [-0.05, 0) is 42.8 Å². The number of carbonyl (C=O) groups is 1. The van der Waals surface area contributed by atoms with Crippen LogP contribution in [0.25, 0.3) is 11.3 Å². The van der Waals surface area contributed by atoms with Crippen LogP contribution >= 0.6 is 0 Å². The van der Waals surface area contributed by atoms with Crippen molar-refractivity contribution in [3.63, 3.8) is 0 Å². The van der Waals surface area contributed by atoms with E-state index >= 15 is 0 Å². The van der Waals surface area contributed by atoms with E-state index in [1.807, 2.05) is 0 Å². The molecule has 8 heteroatoms. The predicted octanol–water partition coefficient (Wildman–Crippen LogP) is 5.79. The van der Waals surface area contributed by atoms with Crippen LogP contribution in [0.15, 0.2) is 59.1 Å². The van der Waals surface area contributed by atoms with Gasteiger partial charge in [0.25, 0.3) is 5.91 Å². The van der Waals surface area contributed by atoms with Crippen molar-refractivity contribution in [3.05, 3.63) is 65.9 Å². The Morgan fingerprint density at radius 3 is 2.55 bits per heavy atom. The maximum atomic E-state index is 13.1. The van der Waals surface area contributed by atoms with Gasteiger partial charge in [0.05, 0.1) is 17.9 Å². The van der Waals surface area contributed by atoms with Crippen LogP contribution in [-0.2, 0) is 6.18 Å². The zero-order valence-electron chi connectivity index (χ0n) is 15.6. The van der Waals surface area contributed by atoms with Crippen molar-refractivity contribution in [2.45, 2.75) is 25.9 Å². The van der Waals surface area contributed by atoms with E-state index in [1.54, 1.807) is 24.3 Å². The van der Waals surface area contributed by atoms with Crippen LogP contribution in [0.2, 0.25) is 0 Å². The van der Waals surface area contributed by atoms with Gasteiger partial charge in [-0.25, -0.2) is 0 Å². The summed E-state index contributed by atoms with van der Waals surface area (Å²) in [6.45, 7) is 2.70. The first-order valence-corrected chi connectivity index (χ1v) is 9.06. The molecule has 0 spiro atoms. The lowest BCUT2D eigenvalue weighted by molar-refractivity contribution is -0.136. The molecule has 152 valence electrons. The normalized spacial score (nSPS) is 11.3. The zero-order valence-corrected chi connectivity index (χ0v) is 15.6. The maximum absolute atomic E-state index is 13.1. The summed E-state index contributed by atoms with van der Waals surface area (Å²) in [7, 11) is 0. The number of nitrogens with one attached hydrogen (secondary N) is 1. The van der Waals surface area contributed by atoms with Crippen molar-refractivity contribution in [1.82, 2.24) is 5.16 Å². The molecule has 0 unspecified atom stereocenters. The maximum Gasteiger partial charge on any atom is 0.418 e. The third-order valence-corrected chi connectivity index (χ3v) is 4.13. The molecule has 1 aromatic heterocycles. The first kappa shape index (κ1) is 20.4. The minimum Gasteiger partial charge on any atom is -0.494 e. The summed E-state index contributed by atoms with van der Waals surface area (Å²) in [6, 6.07) is 13.2. The number of para-hydroxylation sites is 1. The number of rotatable bonds is 7. The fraction of sp³-hybridized carbons (Fsp3) is 0.238. The number of carbonyl (C=O) groups excluding carboxylic acids is 1. The van der Waals surface area contributed by atoms with Crippen molar-refractivity contribution in [3.8, 4) is 17.1 Å². The van der Waals surface area contributed by atoms with Gasteiger partial charge in [-0.15, -0.1) is 0 Å². The highest BCUT2D eigenvalue weighted by Gasteiger charge is 2.33. The molecule has 0 saturated carbocycles. The first-order valence-electron chi connectivity index (χ1n) is 9.06. The molecule has 1 heterocycles. The van der Waals surface area contributed by atoms with Crippen molar-refractivity contribution in [2.75, 3.05) is 11.9 Å². The van der Waals surface area contributed by atoms with E-state index in [9.17, 15) is 18.0 Å². The smallest absolute Gasteiger partial charge is 0.418 e. The monoisotopic (exact) mass is 404 g/mol. The van der Waals surface area contributed by atoms with Gasteiger partial charge in [-0.3, -0.25) is 4.79 Å². The average molecular weight is 404 g/mol. The number of alkyl halides is 3. The highest BCUT2D eigenvalue weighted by atomic mass is 19.4. The SMILES string of the molecule is CCCCOc1ccc(-c2cc(C(=O)Nc3ccccc3C(F)(F)F)no2)cc1. The van der Waals surface area contributed by atoms with Gasteiger partial charge < -0.3 is 14.6 Å². The van der Waals surface area contributed by atoms with Gasteiger partial charge in [0, 0.05) is 11.6 Å². The molecule has 0 saturated heterocycles. The van der Waals surface area contributed by atoms with Crippen LogP contribution in [0, 0.1) is 0 Å². The second kappa shape index (κ2) is 8.81. The van der Waals surface area contributed by atoms with Gasteiger partial charge in [0.2, 0.25) is 0 Å². The van der Waals surface area contributed by atoms with Crippen LogP contribution in [0.4, 0.5) is 18.9 Å². The van der Waals surface area contributed by atoms with Gasteiger partial charge in [-0.2, -0.15) is 13.2 Å². The quantitative estimate of drug-likeness (QED) is 0.506. The lowest BCUT2D eigenvalue weighted by Gasteiger charge is -2.12. The number of hydrogen-bond donors (Lipinski definition) is 1.